The van der Waals surface area contributed by atoms with Gasteiger partial charge in [-0.1, -0.05) is 12.1 Å². The summed E-state index contributed by atoms with van der Waals surface area (Å²) in [6.45, 7) is 0. The van der Waals surface area contributed by atoms with Crippen molar-refractivity contribution in [3.05, 3.63) is 50.6 Å². The van der Waals surface area contributed by atoms with Crippen molar-refractivity contribution in [1.29, 1.82) is 0 Å². The van der Waals surface area contributed by atoms with Crippen LogP contribution in [0, 0.1) is 0 Å². The Morgan fingerprint density at radius 2 is 2.12 bits per heavy atom. The third-order valence-electron chi connectivity index (χ3n) is 2.17. The summed E-state index contributed by atoms with van der Waals surface area (Å²) in [6.07, 6.45) is 0.430. The average molecular weight is 296 g/mol. The molecule has 2 rings (SSSR count). The number of rotatable bonds is 3. The molecule has 0 radical (unpaired) electrons. The van der Waals surface area contributed by atoms with Gasteiger partial charge in [0, 0.05) is 22.5 Å². The van der Waals surface area contributed by atoms with Gasteiger partial charge >= 0.3 is 0 Å². The highest BCUT2D eigenvalue weighted by molar-refractivity contribution is 9.11. The largest absolute Gasteiger partial charge is 0.399 e. The van der Waals surface area contributed by atoms with Crippen molar-refractivity contribution in [2.75, 3.05) is 5.73 Å². The summed E-state index contributed by atoms with van der Waals surface area (Å²) in [7, 11) is 0. The van der Waals surface area contributed by atoms with E-state index in [2.05, 4.69) is 15.9 Å². The third kappa shape index (κ3) is 2.71. The summed E-state index contributed by atoms with van der Waals surface area (Å²) in [5, 5.41) is 0. The minimum Gasteiger partial charge on any atom is -0.399 e. The Morgan fingerprint density at radius 1 is 1.31 bits per heavy atom. The van der Waals surface area contributed by atoms with Crippen LogP contribution in [0.1, 0.15) is 15.2 Å². The molecule has 2 N–H and O–H groups in total. The minimum absolute atomic E-state index is 0.0988. The Morgan fingerprint density at radius 3 is 2.75 bits per heavy atom. The molecule has 0 amide bonds. The summed E-state index contributed by atoms with van der Waals surface area (Å²) in [6, 6.07) is 11.0. The van der Waals surface area contributed by atoms with E-state index in [0.29, 0.717) is 17.7 Å². The lowest BCUT2D eigenvalue weighted by molar-refractivity contribution is 0.0994. The molecule has 1 aromatic heterocycles. The Bertz CT molecular complexity index is 521. The van der Waals surface area contributed by atoms with Crippen LogP contribution in [-0.4, -0.2) is 5.78 Å². The lowest BCUT2D eigenvalue weighted by Crippen LogP contribution is -2.02. The SMILES string of the molecule is Nc1cccc(C(=O)Cc2ccc(Br)s2)c1. The quantitative estimate of drug-likeness (QED) is 0.695. The first-order valence-electron chi connectivity index (χ1n) is 4.78. The molecular weight excluding hydrogens is 286 g/mol. The van der Waals surface area contributed by atoms with E-state index >= 15 is 0 Å². The molecule has 0 atom stereocenters. The lowest BCUT2D eigenvalue weighted by Gasteiger charge is -2.00. The topological polar surface area (TPSA) is 43.1 Å². The van der Waals surface area contributed by atoms with Crippen molar-refractivity contribution in [2.24, 2.45) is 0 Å². The van der Waals surface area contributed by atoms with Gasteiger partial charge in [-0.3, -0.25) is 4.79 Å². The maximum absolute atomic E-state index is 11.9. The number of hydrogen-bond acceptors (Lipinski definition) is 3. The van der Waals surface area contributed by atoms with Crippen molar-refractivity contribution >= 4 is 38.7 Å². The Labute approximate surface area is 106 Å². The number of halogens is 1. The second kappa shape index (κ2) is 4.80. The van der Waals surface area contributed by atoms with Crippen molar-refractivity contribution in [2.45, 2.75) is 6.42 Å². The average Bonchev–Trinajstić information content (AvgIpc) is 2.64. The number of nitrogens with two attached hydrogens (primary N) is 1. The van der Waals surface area contributed by atoms with Gasteiger partial charge in [0.25, 0.3) is 0 Å². The molecule has 1 heterocycles. The highest BCUT2D eigenvalue weighted by Crippen LogP contribution is 2.23. The number of anilines is 1. The van der Waals surface area contributed by atoms with Crippen molar-refractivity contribution in [1.82, 2.24) is 0 Å². The van der Waals surface area contributed by atoms with Gasteiger partial charge in [-0.2, -0.15) is 0 Å². The van der Waals surface area contributed by atoms with E-state index < -0.39 is 0 Å². The molecule has 2 nitrogen and oxygen atoms in total. The van der Waals surface area contributed by atoms with Crippen LogP contribution in [0.15, 0.2) is 40.2 Å². The van der Waals surface area contributed by atoms with Crippen molar-refractivity contribution < 1.29 is 4.79 Å². The number of carbonyl (C=O) groups is 1. The van der Waals surface area contributed by atoms with Gasteiger partial charge in [0.2, 0.25) is 0 Å². The van der Waals surface area contributed by atoms with Crippen LogP contribution in [-0.2, 0) is 6.42 Å². The summed E-state index contributed by atoms with van der Waals surface area (Å²) in [5.74, 6) is 0.0988. The van der Waals surface area contributed by atoms with E-state index in [0.717, 1.165) is 8.66 Å². The molecule has 0 saturated carbocycles. The first kappa shape index (κ1) is 11.4. The number of carbonyl (C=O) groups excluding carboxylic acids is 1. The molecule has 0 aliphatic rings. The van der Waals surface area contributed by atoms with Crippen LogP contribution < -0.4 is 5.73 Å². The molecule has 0 saturated heterocycles. The molecule has 2 aromatic rings. The Balaban J connectivity index is 2.14. The number of ketones is 1. The molecule has 82 valence electrons. The van der Waals surface area contributed by atoms with Crippen molar-refractivity contribution in [3.8, 4) is 0 Å². The van der Waals surface area contributed by atoms with E-state index in [9.17, 15) is 4.79 Å². The highest BCUT2D eigenvalue weighted by Gasteiger charge is 2.08. The van der Waals surface area contributed by atoms with Crippen LogP contribution in [0.25, 0.3) is 0 Å². The number of hydrogen-bond donors (Lipinski definition) is 1. The van der Waals surface area contributed by atoms with E-state index in [-0.39, 0.29) is 5.78 Å². The maximum atomic E-state index is 11.9. The zero-order valence-corrected chi connectivity index (χ0v) is 10.8. The van der Waals surface area contributed by atoms with Crippen LogP contribution in [0.5, 0.6) is 0 Å². The van der Waals surface area contributed by atoms with E-state index in [1.807, 2.05) is 12.1 Å². The fraction of sp³-hybridized carbons (Fsp3) is 0.0833. The van der Waals surface area contributed by atoms with Crippen LogP contribution in [0.2, 0.25) is 0 Å². The molecule has 0 bridgehead atoms. The van der Waals surface area contributed by atoms with E-state index in [1.165, 1.54) is 0 Å². The normalized spacial score (nSPS) is 10.3. The minimum atomic E-state index is 0.0988. The predicted octanol–water partition coefficient (Wildman–Crippen LogP) is 3.52. The molecule has 0 fully saturated rings. The van der Waals surface area contributed by atoms with Gasteiger partial charge < -0.3 is 5.73 Å². The van der Waals surface area contributed by atoms with Gasteiger partial charge in [0.15, 0.2) is 5.78 Å². The van der Waals surface area contributed by atoms with Gasteiger partial charge in [-0.15, -0.1) is 11.3 Å². The van der Waals surface area contributed by atoms with Crippen LogP contribution in [0.4, 0.5) is 5.69 Å². The maximum Gasteiger partial charge on any atom is 0.168 e. The highest BCUT2D eigenvalue weighted by atomic mass is 79.9. The number of Topliss-reactive ketones (excluding diaryl/α,β-unsaturated/α-hetero) is 1. The van der Waals surface area contributed by atoms with E-state index in [4.69, 9.17) is 5.73 Å². The lowest BCUT2D eigenvalue weighted by atomic mass is 10.1. The zero-order valence-electron chi connectivity index (χ0n) is 8.44. The molecule has 0 unspecified atom stereocenters. The zero-order chi connectivity index (χ0) is 11.5. The molecular formula is C12H10BrNOS. The van der Waals surface area contributed by atoms with Gasteiger partial charge in [0.05, 0.1) is 3.79 Å². The second-order valence-electron chi connectivity index (χ2n) is 3.43. The number of nitrogen functional groups attached to an aromatic ring is 1. The predicted molar refractivity (Wildman–Crippen MR) is 70.9 cm³/mol. The van der Waals surface area contributed by atoms with Gasteiger partial charge in [0.1, 0.15) is 0 Å². The number of benzene rings is 1. The smallest absolute Gasteiger partial charge is 0.168 e. The Hall–Kier alpha value is -1.13. The first-order chi connectivity index (χ1) is 7.65. The standard InChI is InChI=1S/C12H10BrNOS/c13-12-5-4-10(16-12)7-11(15)8-2-1-3-9(14)6-8/h1-6H,7,14H2. The monoisotopic (exact) mass is 295 g/mol. The molecule has 1 aromatic carbocycles. The second-order valence-corrected chi connectivity index (χ2v) is 5.98. The molecule has 4 heteroatoms. The van der Waals surface area contributed by atoms with Gasteiger partial charge in [-0.05, 0) is 40.2 Å². The molecule has 0 aliphatic heterocycles. The van der Waals surface area contributed by atoms with E-state index in [1.54, 1.807) is 35.6 Å². The summed E-state index contributed by atoms with van der Waals surface area (Å²) in [5.41, 5.74) is 6.93. The molecule has 16 heavy (non-hydrogen) atoms. The fourth-order valence-corrected chi connectivity index (χ4v) is 2.90. The molecule has 0 aliphatic carbocycles. The molecule has 0 spiro atoms. The van der Waals surface area contributed by atoms with Crippen molar-refractivity contribution in [3.63, 3.8) is 0 Å². The van der Waals surface area contributed by atoms with Gasteiger partial charge in [-0.25, -0.2) is 0 Å². The van der Waals surface area contributed by atoms with Crippen LogP contribution >= 0.6 is 27.3 Å². The fourth-order valence-electron chi connectivity index (χ4n) is 1.42. The summed E-state index contributed by atoms with van der Waals surface area (Å²) < 4.78 is 1.04. The summed E-state index contributed by atoms with van der Waals surface area (Å²) >= 11 is 4.96. The van der Waals surface area contributed by atoms with Crippen LogP contribution in [0.3, 0.4) is 0 Å². The first-order valence-corrected chi connectivity index (χ1v) is 6.39. The summed E-state index contributed by atoms with van der Waals surface area (Å²) in [4.78, 5) is 13.0. The number of thiophene rings is 1. The Kier molecular flexibility index (Phi) is 3.41. The third-order valence-corrected chi connectivity index (χ3v) is 3.80.